The summed E-state index contributed by atoms with van der Waals surface area (Å²) in [5, 5.41) is 1.06. The van der Waals surface area contributed by atoms with Crippen LogP contribution in [0.15, 0.2) is 35.3 Å². The Bertz CT molecular complexity index is 1140. The number of rotatable bonds is 8. The number of nitrogens with one attached hydrogen (secondary N) is 1. The van der Waals surface area contributed by atoms with Crippen molar-refractivity contribution < 1.29 is 4.21 Å². The average molecular weight is 456 g/mol. The summed E-state index contributed by atoms with van der Waals surface area (Å²) in [6.45, 7) is 4.49. The first kappa shape index (κ1) is 22.6. The molecule has 0 radical (unpaired) electrons. The second-order valence-electron chi connectivity index (χ2n) is 8.71. The maximum absolute atomic E-state index is 13.6. The molecule has 3 heterocycles. The summed E-state index contributed by atoms with van der Waals surface area (Å²) in [6, 6.07) is 2.47. The summed E-state index contributed by atoms with van der Waals surface area (Å²) in [4.78, 5) is 23.0. The van der Waals surface area contributed by atoms with Gasteiger partial charge in [0.25, 0.3) is 0 Å². The van der Waals surface area contributed by atoms with Gasteiger partial charge in [-0.1, -0.05) is 0 Å². The third-order valence-electron chi connectivity index (χ3n) is 6.40. The molecule has 32 heavy (non-hydrogen) atoms. The van der Waals surface area contributed by atoms with Gasteiger partial charge in [-0.05, 0) is 51.5 Å². The van der Waals surface area contributed by atoms with E-state index in [9.17, 15) is 4.21 Å². The summed E-state index contributed by atoms with van der Waals surface area (Å²) < 4.78 is 18.2. The van der Waals surface area contributed by atoms with Gasteiger partial charge in [0, 0.05) is 65.9 Å². The third-order valence-corrected chi connectivity index (χ3v) is 8.97. The first-order valence-corrected chi connectivity index (χ1v) is 13.3. The zero-order valence-corrected chi connectivity index (χ0v) is 20.0. The Labute approximate surface area is 190 Å². The number of fused-ring (bicyclic) bond motifs is 1. The lowest BCUT2D eigenvalue weighted by Gasteiger charge is -2.35. The lowest BCUT2D eigenvalue weighted by atomic mass is 9.86. The molecule has 0 bridgehead atoms. The Morgan fingerprint density at radius 2 is 1.97 bits per heavy atom. The van der Waals surface area contributed by atoms with Crippen LogP contribution in [0.25, 0.3) is 11.0 Å². The minimum absolute atomic E-state index is 0.432. The number of H-pyrrole nitrogens is 1. The van der Waals surface area contributed by atoms with Crippen molar-refractivity contribution in [2.24, 2.45) is 10.3 Å². The number of anilines is 1. The molecule has 3 aromatic rings. The molecule has 1 N–H and O–H groups in total. The molecular weight excluding hydrogens is 422 g/mol. The molecule has 0 aromatic carbocycles. The Morgan fingerprint density at radius 1 is 1.16 bits per heavy atom. The van der Waals surface area contributed by atoms with E-state index in [1.807, 2.05) is 26.1 Å². The van der Waals surface area contributed by atoms with E-state index in [1.54, 1.807) is 18.7 Å². The lowest BCUT2D eigenvalue weighted by molar-refractivity contribution is 0.342. The summed E-state index contributed by atoms with van der Waals surface area (Å²) in [6.07, 6.45) is 12.0. The Balaban J connectivity index is 1.36. The molecule has 4 rings (SSSR count). The molecule has 9 heteroatoms. The van der Waals surface area contributed by atoms with Crippen molar-refractivity contribution in [1.29, 1.82) is 0 Å². The molecule has 1 atom stereocenters. The van der Waals surface area contributed by atoms with Crippen molar-refractivity contribution in [3.63, 3.8) is 0 Å². The predicted octanol–water partition coefficient (Wildman–Crippen LogP) is 3.78. The monoisotopic (exact) mass is 455 g/mol. The number of nitrogens with zero attached hydrogens (tertiary/aromatic N) is 6. The molecule has 0 saturated heterocycles. The minimum atomic E-state index is -2.24. The Kier molecular flexibility index (Phi) is 7.03. The van der Waals surface area contributed by atoms with Gasteiger partial charge in [-0.15, -0.1) is 0 Å². The highest BCUT2D eigenvalue weighted by molar-refractivity contribution is 7.93. The topological polar surface area (TPSA) is 100 Å². The van der Waals surface area contributed by atoms with Gasteiger partial charge < -0.3 is 9.88 Å². The van der Waals surface area contributed by atoms with Gasteiger partial charge in [0.05, 0.1) is 16.8 Å². The molecule has 8 nitrogen and oxygen atoms in total. The van der Waals surface area contributed by atoms with Crippen molar-refractivity contribution in [2.75, 3.05) is 30.0 Å². The SMILES string of the molecule is CCN=S(=O)(CCc1cnc(C)cn1)CC1CCC(N(C)c2ncnc3[nH]ccc23)CC1. The van der Waals surface area contributed by atoms with Gasteiger partial charge >= 0.3 is 0 Å². The quantitative estimate of drug-likeness (QED) is 0.555. The van der Waals surface area contributed by atoms with E-state index >= 15 is 0 Å². The van der Waals surface area contributed by atoms with E-state index in [-0.39, 0.29) is 0 Å². The van der Waals surface area contributed by atoms with E-state index < -0.39 is 9.73 Å². The molecule has 1 aliphatic rings. The summed E-state index contributed by atoms with van der Waals surface area (Å²) in [7, 11) is -0.116. The van der Waals surface area contributed by atoms with E-state index in [2.05, 4.69) is 41.2 Å². The average Bonchev–Trinajstić information content (AvgIpc) is 3.28. The standard InChI is InChI=1S/C23H33N7OS/c1-4-29-32(31,12-10-19-14-25-17(2)13-26-19)15-18-5-7-20(8-6-18)30(3)23-21-9-11-24-22(21)27-16-28-23/h9,11,13-14,16,18,20H,4-8,10,12,15H2,1-3H3,(H,24,27,28). The molecule has 1 fully saturated rings. The minimum Gasteiger partial charge on any atom is -0.356 e. The zero-order valence-electron chi connectivity index (χ0n) is 19.2. The van der Waals surface area contributed by atoms with Crippen LogP contribution in [0.1, 0.15) is 44.0 Å². The first-order chi connectivity index (χ1) is 15.5. The predicted molar refractivity (Wildman–Crippen MR) is 129 cm³/mol. The van der Waals surface area contributed by atoms with Crippen molar-refractivity contribution in [3.8, 4) is 0 Å². The van der Waals surface area contributed by atoms with Crippen molar-refractivity contribution >= 4 is 26.6 Å². The van der Waals surface area contributed by atoms with Gasteiger partial charge in [0.15, 0.2) is 0 Å². The number of aromatic amines is 1. The van der Waals surface area contributed by atoms with Crippen LogP contribution in [0.2, 0.25) is 0 Å². The van der Waals surface area contributed by atoms with Crippen molar-refractivity contribution in [3.05, 3.63) is 42.4 Å². The van der Waals surface area contributed by atoms with Crippen LogP contribution in [0.4, 0.5) is 5.82 Å². The largest absolute Gasteiger partial charge is 0.356 e. The van der Waals surface area contributed by atoms with Crippen LogP contribution >= 0.6 is 0 Å². The van der Waals surface area contributed by atoms with E-state index in [0.29, 0.717) is 36.4 Å². The second kappa shape index (κ2) is 9.94. The molecule has 1 unspecified atom stereocenters. The summed E-state index contributed by atoms with van der Waals surface area (Å²) in [5.74, 6) is 2.67. The maximum Gasteiger partial charge on any atom is 0.142 e. The fraction of sp³-hybridized carbons (Fsp3) is 0.565. The second-order valence-corrected chi connectivity index (χ2v) is 11.3. The van der Waals surface area contributed by atoms with Crippen LogP contribution in [-0.2, 0) is 16.1 Å². The highest BCUT2D eigenvalue weighted by atomic mass is 32.2. The molecule has 0 amide bonds. The normalized spacial score (nSPS) is 20.7. The molecule has 0 spiro atoms. The molecular formula is C23H33N7OS. The molecule has 3 aromatic heterocycles. The van der Waals surface area contributed by atoms with E-state index in [1.165, 1.54) is 0 Å². The van der Waals surface area contributed by atoms with Crippen molar-refractivity contribution in [2.45, 2.75) is 52.0 Å². The molecule has 172 valence electrons. The fourth-order valence-electron chi connectivity index (χ4n) is 4.63. The van der Waals surface area contributed by atoms with Gasteiger partial charge in [-0.3, -0.25) is 9.97 Å². The number of hydrogen-bond donors (Lipinski definition) is 1. The number of aryl methyl sites for hydroxylation is 2. The van der Waals surface area contributed by atoms with Gasteiger partial charge in [-0.2, -0.15) is 0 Å². The third kappa shape index (κ3) is 5.26. The Morgan fingerprint density at radius 3 is 2.69 bits per heavy atom. The van der Waals surface area contributed by atoms with Gasteiger partial charge in [-0.25, -0.2) is 18.5 Å². The van der Waals surface area contributed by atoms with Crippen LogP contribution in [-0.4, -0.2) is 60.3 Å². The maximum atomic E-state index is 13.6. The lowest BCUT2D eigenvalue weighted by Crippen LogP contribution is -2.37. The van der Waals surface area contributed by atoms with Gasteiger partial charge in [0.1, 0.15) is 17.8 Å². The highest BCUT2D eigenvalue weighted by Gasteiger charge is 2.28. The van der Waals surface area contributed by atoms with Crippen LogP contribution in [0, 0.1) is 12.8 Å². The first-order valence-electron chi connectivity index (χ1n) is 11.4. The van der Waals surface area contributed by atoms with Crippen LogP contribution in [0.5, 0.6) is 0 Å². The molecule has 1 saturated carbocycles. The highest BCUT2D eigenvalue weighted by Crippen LogP contribution is 2.32. The van der Waals surface area contributed by atoms with Crippen molar-refractivity contribution in [1.82, 2.24) is 24.9 Å². The van der Waals surface area contributed by atoms with Gasteiger partial charge in [0.2, 0.25) is 0 Å². The number of hydrogen-bond acceptors (Lipinski definition) is 7. The smallest absolute Gasteiger partial charge is 0.142 e. The fourth-order valence-corrected chi connectivity index (χ4v) is 7.10. The molecule has 0 aliphatic heterocycles. The number of aromatic nitrogens is 5. The Hall–Kier alpha value is -2.55. The van der Waals surface area contributed by atoms with E-state index in [4.69, 9.17) is 0 Å². The van der Waals surface area contributed by atoms with Crippen LogP contribution in [0.3, 0.4) is 0 Å². The summed E-state index contributed by atoms with van der Waals surface area (Å²) >= 11 is 0. The summed E-state index contributed by atoms with van der Waals surface area (Å²) in [5.41, 5.74) is 2.66. The zero-order chi connectivity index (χ0) is 22.6. The molecule has 1 aliphatic carbocycles. The van der Waals surface area contributed by atoms with E-state index in [0.717, 1.165) is 53.9 Å². The van der Waals surface area contributed by atoms with Crippen LogP contribution < -0.4 is 4.90 Å².